The summed E-state index contributed by atoms with van der Waals surface area (Å²) in [4.78, 5) is 77.4. The Morgan fingerprint density at radius 2 is 1.81 bits per heavy atom. The van der Waals surface area contributed by atoms with Gasteiger partial charge in [0.1, 0.15) is 35.2 Å². The second kappa shape index (κ2) is 15.1. The number of amides is 4. The maximum absolute atomic E-state index is 14.5. The number of benzene rings is 1. The van der Waals surface area contributed by atoms with Crippen LogP contribution in [0.3, 0.4) is 0 Å². The number of pyridine rings is 1. The number of alkyl carbamates (subject to hydrolysis) is 1. The summed E-state index contributed by atoms with van der Waals surface area (Å²) in [5.41, 5.74) is -0.363. The zero-order valence-corrected chi connectivity index (χ0v) is 30.0. The molecule has 5 aliphatic rings. The van der Waals surface area contributed by atoms with Crippen molar-refractivity contribution >= 4 is 40.7 Å². The number of ether oxygens (including phenoxy) is 3. The third-order valence-electron chi connectivity index (χ3n) is 11.5. The van der Waals surface area contributed by atoms with E-state index in [0.717, 1.165) is 50.3 Å². The van der Waals surface area contributed by atoms with Crippen molar-refractivity contribution in [2.45, 2.75) is 94.9 Å². The molecule has 6 unspecified atom stereocenters. The molecule has 3 aliphatic heterocycles. The third-order valence-corrected chi connectivity index (χ3v) is 11.5. The quantitative estimate of drug-likeness (QED) is 0.332. The molecule has 1 aromatic heterocycles. The molecular formula is C39H49N5O8. The highest BCUT2D eigenvalue weighted by Gasteiger charge is 2.63. The summed E-state index contributed by atoms with van der Waals surface area (Å²) >= 11 is 0. The second-order valence-electron chi connectivity index (χ2n) is 14.9. The fraction of sp³-hybridized carbons (Fsp3) is 0.590. The Labute approximate surface area is 303 Å². The molecule has 52 heavy (non-hydrogen) atoms. The Bertz CT molecular complexity index is 1740. The summed E-state index contributed by atoms with van der Waals surface area (Å²) < 4.78 is 16.7. The van der Waals surface area contributed by atoms with Crippen LogP contribution < -0.4 is 15.4 Å². The Balaban J connectivity index is 1.17. The topological polar surface area (TPSA) is 156 Å². The molecule has 0 spiro atoms. The number of esters is 1. The number of hydrogen-bond acceptors (Lipinski definition) is 9. The lowest BCUT2D eigenvalue weighted by Crippen LogP contribution is -2.58. The Kier molecular flexibility index (Phi) is 10.4. The van der Waals surface area contributed by atoms with E-state index >= 15 is 0 Å². The number of rotatable bonds is 6. The zero-order valence-electron chi connectivity index (χ0n) is 30.0. The number of nitrogens with zero attached hydrogens (tertiary/aromatic N) is 3. The fourth-order valence-corrected chi connectivity index (χ4v) is 8.70. The SMILES string of the molecule is CCOC(=O)C12CC1C=CCCCCCC(NC(=O)OC1CCCC1)C(=O)N1CC3CN(C(=O)c4cc(OC)c5ccccc5n4)CC3C1C(=O)N2. The number of carbonyl (C=O) groups is 5. The van der Waals surface area contributed by atoms with Crippen LogP contribution in [0.1, 0.15) is 81.6 Å². The van der Waals surface area contributed by atoms with Gasteiger partial charge in [-0.15, -0.1) is 0 Å². The monoisotopic (exact) mass is 715 g/mol. The fourth-order valence-electron chi connectivity index (χ4n) is 8.70. The molecule has 2 aromatic rings. The van der Waals surface area contributed by atoms with Crippen LogP contribution >= 0.6 is 0 Å². The largest absolute Gasteiger partial charge is 0.496 e. The molecule has 13 heteroatoms. The minimum absolute atomic E-state index is 0.167. The summed E-state index contributed by atoms with van der Waals surface area (Å²) in [6.07, 6.45) is 10.9. The molecule has 2 saturated carbocycles. The average molecular weight is 716 g/mol. The van der Waals surface area contributed by atoms with Crippen molar-refractivity contribution in [1.29, 1.82) is 0 Å². The lowest BCUT2D eigenvalue weighted by Gasteiger charge is -2.32. The van der Waals surface area contributed by atoms with Crippen molar-refractivity contribution in [3.05, 3.63) is 48.2 Å². The van der Waals surface area contributed by atoms with Crippen molar-refractivity contribution in [3.8, 4) is 5.75 Å². The molecule has 4 fully saturated rings. The first-order valence-corrected chi connectivity index (χ1v) is 18.9. The van der Waals surface area contributed by atoms with Crippen LogP contribution in [-0.4, -0.2) is 102 Å². The Morgan fingerprint density at radius 1 is 1.02 bits per heavy atom. The number of carbonyl (C=O) groups excluding carboxylic acids is 5. The molecule has 2 aliphatic carbocycles. The van der Waals surface area contributed by atoms with Gasteiger partial charge in [-0.2, -0.15) is 0 Å². The number of nitrogens with one attached hydrogen (secondary N) is 2. The number of aromatic nitrogens is 1. The predicted octanol–water partition coefficient (Wildman–Crippen LogP) is 4.14. The molecule has 0 radical (unpaired) electrons. The lowest BCUT2D eigenvalue weighted by atomic mass is 9.93. The predicted molar refractivity (Wildman–Crippen MR) is 190 cm³/mol. The Hall–Kier alpha value is -4.68. The molecule has 4 amide bonds. The highest BCUT2D eigenvalue weighted by Crippen LogP contribution is 2.47. The molecule has 6 atom stereocenters. The van der Waals surface area contributed by atoms with Crippen molar-refractivity contribution < 1.29 is 38.2 Å². The van der Waals surface area contributed by atoms with Crippen LogP contribution in [0, 0.1) is 17.8 Å². The van der Waals surface area contributed by atoms with Crippen LogP contribution in [0.25, 0.3) is 10.9 Å². The number of hydrogen-bond donors (Lipinski definition) is 2. The van der Waals surface area contributed by atoms with Gasteiger partial charge in [-0.25, -0.2) is 14.6 Å². The van der Waals surface area contributed by atoms with E-state index in [0.29, 0.717) is 37.1 Å². The van der Waals surface area contributed by atoms with E-state index in [1.54, 1.807) is 29.9 Å². The van der Waals surface area contributed by atoms with Gasteiger partial charge in [0.05, 0.1) is 19.2 Å². The summed E-state index contributed by atoms with van der Waals surface area (Å²) in [6.45, 7) is 2.63. The number of likely N-dealkylation sites (tertiary alicyclic amines) is 1. The molecule has 4 heterocycles. The van der Waals surface area contributed by atoms with Crippen molar-refractivity contribution in [2.75, 3.05) is 33.4 Å². The van der Waals surface area contributed by atoms with E-state index in [-0.39, 0.29) is 55.1 Å². The van der Waals surface area contributed by atoms with Gasteiger partial charge in [-0.3, -0.25) is 14.4 Å². The molecule has 7 rings (SSSR count). The van der Waals surface area contributed by atoms with Gasteiger partial charge < -0.3 is 34.6 Å². The van der Waals surface area contributed by atoms with Gasteiger partial charge >= 0.3 is 12.1 Å². The number of para-hydroxylation sites is 1. The number of allylic oxidation sites excluding steroid dienone is 1. The van der Waals surface area contributed by atoms with Gasteiger partial charge in [0.25, 0.3) is 5.91 Å². The van der Waals surface area contributed by atoms with Gasteiger partial charge in [-0.05, 0) is 70.4 Å². The first kappa shape index (κ1) is 35.7. The van der Waals surface area contributed by atoms with E-state index in [9.17, 15) is 24.0 Å². The van der Waals surface area contributed by atoms with Crippen molar-refractivity contribution in [2.24, 2.45) is 17.8 Å². The van der Waals surface area contributed by atoms with Crippen molar-refractivity contribution in [1.82, 2.24) is 25.4 Å². The molecule has 2 saturated heterocycles. The standard InChI is InChI=1S/C39H49N5O8/c1-3-51-37(48)39-20-25(39)13-7-5-4-6-8-18-30(41-38(49)52-26-14-9-10-15-26)36(47)44-22-24-21-43(23-28(24)33(44)34(45)42-39)35(46)31-19-32(50-2)27-16-11-12-17-29(27)40-31/h7,11-13,16-17,19,24-26,28,30,33H,3-6,8-10,14-15,18,20-23H2,1-2H3,(H,41,49)(H,42,45). The summed E-state index contributed by atoms with van der Waals surface area (Å²) in [7, 11) is 1.55. The van der Waals surface area contributed by atoms with Crippen LogP contribution in [-0.2, 0) is 23.9 Å². The second-order valence-corrected chi connectivity index (χ2v) is 14.9. The molecule has 2 N–H and O–H groups in total. The Morgan fingerprint density at radius 3 is 2.60 bits per heavy atom. The minimum Gasteiger partial charge on any atom is -0.496 e. The van der Waals surface area contributed by atoms with Gasteiger partial charge in [-0.1, -0.05) is 37.1 Å². The number of methoxy groups -OCH3 is 1. The van der Waals surface area contributed by atoms with Gasteiger partial charge in [0.15, 0.2) is 0 Å². The van der Waals surface area contributed by atoms with E-state index in [1.807, 2.05) is 36.4 Å². The van der Waals surface area contributed by atoms with Crippen LogP contribution in [0.15, 0.2) is 42.5 Å². The molecule has 0 bridgehead atoms. The van der Waals surface area contributed by atoms with E-state index in [2.05, 4.69) is 15.6 Å². The minimum atomic E-state index is -1.22. The maximum Gasteiger partial charge on any atom is 0.408 e. The first-order chi connectivity index (χ1) is 25.2. The summed E-state index contributed by atoms with van der Waals surface area (Å²) in [5, 5.41) is 6.69. The average Bonchev–Trinajstić information content (AvgIpc) is 3.48. The summed E-state index contributed by atoms with van der Waals surface area (Å²) in [6, 6.07) is 7.21. The maximum atomic E-state index is 14.5. The number of fused-ring (bicyclic) bond motifs is 5. The smallest absolute Gasteiger partial charge is 0.408 e. The van der Waals surface area contributed by atoms with E-state index < -0.39 is 41.5 Å². The van der Waals surface area contributed by atoms with Gasteiger partial charge in [0.2, 0.25) is 11.8 Å². The normalized spacial score (nSPS) is 29.3. The summed E-state index contributed by atoms with van der Waals surface area (Å²) in [5.74, 6) is -1.93. The van der Waals surface area contributed by atoms with Gasteiger partial charge in [0, 0.05) is 48.8 Å². The molecule has 278 valence electrons. The lowest BCUT2D eigenvalue weighted by molar-refractivity contribution is -0.150. The van der Waals surface area contributed by atoms with Crippen LogP contribution in [0.2, 0.25) is 0 Å². The van der Waals surface area contributed by atoms with Crippen molar-refractivity contribution in [3.63, 3.8) is 0 Å². The van der Waals surface area contributed by atoms with E-state index in [4.69, 9.17) is 14.2 Å². The van der Waals surface area contributed by atoms with Crippen LogP contribution in [0.4, 0.5) is 4.79 Å². The zero-order chi connectivity index (χ0) is 36.4. The molecular weight excluding hydrogens is 666 g/mol. The highest BCUT2D eigenvalue weighted by atomic mass is 16.6. The van der Waals surface area contributed by atoms with E-state index in [1.165, 1.54) is 0 Å². The molecule has 13 nitrogen and oxygen atoms in total. The first-order valence-electron chi connectivity index (χ1n) is 18.9. The highest BCUT2D eigenvalue weighted by molar-refractivity contribution is 5.99. The van der Waals surface area contributed by atoms with Crippen LogP contribution in [0.5, 0.6) is 5.75 Å². The molecule has 1 aromatic carbocycles. The third kappa shape index (κ3) is 7.06.